The number of carboxylic acids is 1. The summed E-state index contributed by atoms with van der Waals surface area (Å²) in [5, 5.41) is 10.5. The van der Waals surface area contributed by atoms with Crippen LogP contribution in [0.15, 0.2) is 17.5 Å². The molecule has 4 heteroatoms. The Morgan fingerprint density at radius 3 is 3.00 bits per heavy atom. The SMILES string of the molecule is CC(C)CSCc1cc(C=CC(=O)O)cs1. The second-order valence-electron chi connectivity index (χ2n) is 3.93. The molecule has 0 atom stereocenters. The number of carbonyl (C=O) groups is 1. The molecule has 0 radical (unpaired) electrons. The minimum absolute atomic E-state index is 0.719. The van der Waals surface area contributed by atoms with Crippen molar-refractivity contribution in [3.05, 3.63) is 28.0 Å². The predicted octanol–water partition coefficient (Wildman–Crippen LogP) is 3.74. The van der Waals surface area contributed by atoms with Crippen LogP contribution < -0.4 is 0 Å². The average molecular weight is 256 g/mol. The van der Waals surface area contributed by atoms with E-state index in [1.807, 2.05) is 17.1 Å². The highest BCUT2D eigenvalue weighted by Crippen LogP contribution is 2.22. The Morgan fingerprint density at radius 1 is 1.62 bits per heavy atom. The maximum atomic E-state index is 10.3. The van der Waals surface area contributed by atoms with Crippen molar-refractivity contribution in [3.8, 4) is 0 Å². The van der Waals surface area contributed by atoms with Crippen LogP contribution in [-0.2, 0) is 10.5 Å². The minimum atomic E-state index is -0.901. The lowest BCUT2D eigenvalue weighted by molar-refractivity contribution is -0.131. The number of thiophene rings is 1. The second kappa shape index (κ2) is 6.76. The molecule has 0 unspecified atom stereocenters. The van der Waals surface area contributed by atoms with Gasteiger partial charge in [-0.3, -0.25) is 0 Å². The molecule has 0 bridgehead atoms. The number of thioether (sulfide) groups is 1. The van der Waals surface area contributed by atoms with Gasteiger partial charge in [0.15, 0.2) is 0 Å². The Hall–Kier alpha value is -0.740. The Balaban J connectivity index is 2.42. The van der Waals surface area contributed by atoms with Crippen molar-refractivity contribution >= 4 is 35.1 Å². The van der Waals surface area contributed by atoms with Crippen molar-refractivity contribution in [1.82, 2.24) is 0 Å². The molecule has 0 aliphatic rings. The molecule has 0 fully saturated rings. The molecular weight excluding hydrogens is 240 g/mol. The van der Waals surface area contributed by atoms with Gasteiger partial charge in [0.25, 0.3) is 0 Å². The molecule has 0 aliphatic carbocycles. The highest BCUT2D eigenvalue weighted by atomic mass is 32.2. The van der Waals surface area contributed by atoms with Crippen molar-refractivity contribution in [2.45, 2.75) is 19.6 Å². The average Bonchev–Trinajstić information content (AvgIpc) is 2.62. The zero-order valence-corrected chi connectivity index (χ0v) is 11.1. The maximum Gasteiger partial charge on any atom is 0.328 e. The first-order valence-electron chi connectivity index (χ1n) is 5.14. The Morgan fingerprint density at radius 2 is 2.38 bits per heavy atom. The van der Waals surface area contributed by atoms with Crippen molar-refractivity contribution in [2.75, 3.05) is 5.75 Å². The lowest BCUT2D eigenvalue weighted by Gasteiger charge is -2.01. The molecule has 1 rings (SSSR count). The zero-order valence-electron chi connectivity index (χ0n) is 9.47. The largest absolute Gasteiger partial charge is 0.478 e. The molecular formula is C12H16O2S2. The first-order chi connectivity index (χ1) is 7.58. The van der Waals surface area contributed by atoms with E-state index in [2.05, 4.69) is 19.9 Å². The molecule has 2 nitrogen and oxygen atoms in total. The van der Waals surface area contributed by atoms with E-state index < -0.39 is 5.97 Å². The number of carboxylic acid groups (broad SMARTS) is 1. The van der Waals surface area contributed by atoms with Crippen molar-refractivity contribution in [3.63, 3.8) is 0 Å². The van der Waals surface area contributed by atoms with Gasteiger partial charge < -0.3 is 5.11 Å². The van der Waals surface area contributed by atoms with E-state index in [4.69, 9.17) is 5.11 Å². The molecule has 1 N–H and O–H groups in total. The summed E-state index contributed by atoms with van der Waals surface area (Å²) in [5.74, 6) is 2.00. The quantitative estimate of drug-likeness (QED) is 0.788. The molecule has 0 saturated heterocycles. The molecule has 88 valence electrons. The molecule has 0 amide bonds. The number of aliphatic carboxylic acids is 1. The van der Waals surface area contributed by atoms with Gasteiger partial charge in [0.2, 0.25) is 0 Å². The number of hydrogen-bond acceptors (Lipinski definition) is 3. The molecule has 0 aliphatic heterocycles. The first-order valence-corrected chi connectivity index (χ1v) is 7.17. The summed E-state index contributed by atoms with van der Waals surface area (Å²) in [6.07, 6.45) is 2.81. The Bertz CT molecular complexity index is 367. The molecule has 0 spiro atoms. The lowest BCUT2D eigenvalue weighted by Crippen LogP contribution is -1.90. The van der Waals surface area contributed by atoms with Crippen LogP contribution in [0.2, 0.25) is 0 Å². The van der Waals surface area contributed by atoms with Crippen LogP contribution in [0.5, 0.6) is 0 Å². The van der Waals surface area contributed by atoms with Crippen LogP contribution in [0.3, 0.4) is 0 Å². The van der Waals surface area contributed by atoms with Crippen molar-refractivity contribution in [2.24, 2.45) is 5.92 Å². The van der Waals surface area contributed by atoms with Crippen LogP contribution in [0.4, 0.5) is 0 Å². The topological polar surface area (TPSA) is 37.3 Å². The molecule has 0 saturated carbocycles. The standard InChI is InChI=1S/C12H16O2S2/c1-9(2)6-15-8-11-5-10(7-16-11)3-4-12(13)14/h3-5,7,9H,6,8H2,1-2H3,(H,13,14). The maximum absolute atomic E-state index is 10.3. The monoisotopic (exact) mass is 256 g/mol. The summed E-state index contributed by atoms with van der Waals surface area (Å²) in [7, 11) is 0. The van der Waals surface area contributed by atoms with E-state index in [0.29, 0.717) is 0 Å². The van der Waals surface area contributed by atoms with Gasteiger partial charge >= 0.3 is 5.97 Å². The fourth-order valence-electron chi connectivity index (χ4n) is 1.12. The fraction of sp³-hybridized carbons (Fsp3) is 0.417. The summed E-state index contributed by atoms with van der Waals surface area (Å²) >= 11 is 3.61. The third-order valence-corrected chi connectivity index (χ3v) is 4.34. The van der Waals surface area contributed by atoms with E-state index in [1.165, 1.54) is 11.0 Å². The molecule has 1 heterocycles. The van der Waals surface area contributed by atoms with Gasteiger partial charge in [0, 0.05) is 16.7 Å². The summed E-state index contributed by atoms with van der Waals surface area (Å²) in [5.41, 5.74) is 0.979. The van der Waals surface area contributed by atoms with Crippen molar-refractivity contribution < 1.29 is 9.90 Å². The third-order valence-electron chi connectivity index (χ3n) is 1.79. The summed E-state index contributed by atoms with van der Waals surface area (Å²) in [6, 6.07) is 2.05. The number of rotatable bonds is 6. The van der Waals surface area contributed by atoms with Crippen LogP contribution >= 0.6 is 23.1 Å². The van der Waals surface area contributed by atoms with Crippen LogP contribution in [0, 0.1) is 5.92 Å². The summed E-state index contributed by atoms with van der Waals surface area (Å²) in [4.78, 5) is 11.6. The minimum Gasteiger partial charge on any atom is -0.478 e. The first kappa shape index (κ1) is 13.3. The van der Waals surface area contributed by atoms with Crippen LogP contribution in [0.25, 0.3) is 6.08 Å². The third kappa shape index (κ3) is 5.37. The normalized spacial score (nSPS) is 11.4. The zero-order chi connectivity index (χ0) is 12.0. The van der Waals surface area contributed by atoms with Crippen LogP contribution in [-0.4, -0.2) is 16.8 Å². The van der Waals surface area contributed by atoms with Gasteiger partial charge in [0.1, 0.15) is 0 Å². The highest BCUT2D eigenvalue weighted by Gasteiger charge is 2.00. The molecule has 16 heavy (non-hydrogen) atoms. The number of hydrogen-bond donors (Lipinski definition) is 1. The molecule has 0 aromatic carbocycles. The molecule has 1 aromatic rings. The summed E-state index contributed by atoms with van der Waals surface area (Å²) < 4.78 is 0. The van der Waals surface area contributed by atoms with E-state index >= 15 is 0 Å². The van der Waals surface area contributed by atoms with Crippen LogP contribution in [0.1, 0.15) is 24.3 Å². The van der Waals surface area contributed by atoms with E-state index in [-0.39, 0.29) is 0 Å². The summed E-state index contributed by atoms with van der Waals surface area (Å²) in [6.45, 7) is 4.42. The van der Waals surface area contributed by atoms with Gasteiger partial charge in [-0.1, -0.05) is 13.8 Å². The van der Waals surface area contributed by atoms with E-state index in [0.717, 1.165) is 23.0 Å². The Kier molecular flexibility index (Phi) is 5.63. The van der Waals surface area contributed by atoms with E-state index in [9.17, 15) is 4.79 Å². The smallest absolute Gasteiger partial charge is 0.328 e. The van der Waals surface area contributed by atoms with E-state index in [1.54, 1.807) is 17.4 Å². The van der Waals surface area contributed by atoms with Gasteiger partial charge in [-0.2, -0.15) is 11.8 Å². The van der Waals surface area contributed by atoms with Gasteiger partial charge in [-0.15, -0.1) is 11.3 Å². The van der Waals surface area contributed by atoms with Crippen molar-refractivity contribution in [1.29, 1.82) is 0 Å². The lowest BCUT2D eigenvalue weighted by atomic mass is 10.3. The van der Waals surface area contributed by atoms with Gasteiger partial charge in [0.05, 0.1) is 0 Å². The van der Waals surface area contributed by atoms with Gasteiger partial charge in [-0.05, 0) is 34.8 Å². The second-order valence-corrected chi connectivity index (χ2v) is 5.95. The molecule has 1 aromatic heterocycles. The Labute approximate surface area is 104 Å². The van der Waals surface area contributed by atoms with Gasteiger partial charge in [-0.25, -0.2) is 4.79 Å². The predicted molar refractivity (Wildman–Crippen MR) is 72.0 cm³/mol. The fourth-order valence-corrected chi connectivity index (χ4v) is 3.16. The highest BCUT2D eigenvalue weighted by molar-refractivity contribution is 7.98.